The Bertz CT molecular complexity index is 888. The molecule has 1 aliphatic rings. The number of aliphatic imine (C=N–C) groups is 1. The molecule has 0 unspecified atom stereocenters. The van der Waals surface area contributed by atoms with Gasteiger partial charge in [-0.15, -0.1) is 0 Å². The zero-order valence-electron chi connectivity index (χ0n) is 14.1. The van der Waals surface area contributed by atoms with Gasteiger partial charge in [-0.1, -0.05) is 42.4 Å². The molecule has 1 N–H and O–H groups in total. The van der Waals surface area contributed by atoms with Gasteiger partial charge in [-0.25, -0.2) is 9.69 Å². The maximum Gasteiger partial charge on any atom is 0.416 e. The Kier molecular flexibility index (Phi) is 5.67. The molecular weight excluding hydrogens is 399 g/mol. The van der Waals surface area contributed by atoms with Crippen LogP contribution in [0.3, 0.4) is 0 Å². The Morgan fingerprint density at radius 1 is 1.26 bits per heavy atom. The number of hydrogen-bond donors (Lipinski definition) is 1. The fourth-order valence-corrected chi connectivity index (χ4v) is 3.60. The minimum atomic E-state index is -4.49. The summed E-state index contributed by atoms with van der Waals surface area (Å²) in [6, 6.07) is 10.5. The molecule has 2 amide bonds. The standard InChI is InChI=1S/C18H15ClF3N3OS/c1-11-10-23-17(27-11)25(15-7-3-5-13(19)9-15)16(26)24-14-6-2-4-12(8-14)18(20,21)22/h2-9,11H,10H2,1H3,(H,24,26)/t11-/m0/s1. The second-order valence-corrected chi connectivity index (χ2v) is 7.72. The first-order valence-electron chi connectivity index (χ1n) is 7.99. The molecule has 1 atom stereocenters. The van der Waals surface area contributed by atoms with Gasteiger partial charge >= 0.3 is 12.2 Å². The molecule has 2 aromatic carbocycles. The number of hydrogen-bond acceptors (Lipinski definition) is 3. The number of anilines is 2. The van der Waals surface area contributed by atoms with Crippen LogP contribution in [-0.4, -0.2) is 23.0 Å². The summed E-state index contributed by atoms with van der Waals surface area (Å²) in [6.07, 6.45) is -4.49. The lowest BCUT2D eigenvalue weighted by molar-refractivity contribution is -0.137. The SMILES string of the molecule is C[C@H]1CN=C(N(C(=O)Nc2cccc(C(F)(F)F)c2)c2cccc(Cl)c2)S1. The Morgan fingerprint density at radius 3 is 2.63 bits per heavy atom. The maximum absolute atomic E-state index is 12.9. The van der Waals surface area contributed by atoms with Gasteiger partial charge in [-0.3, -0.25) is 4.99 Å². The highest BCUT2D eigenvalue weighted by Crippen LogP contribution is 2.32. The summed E-state index contributed by atoms with van der Waals surface area (Å²) >= 11 is 7.44. The van der Waals surface area contributed by atoms with Crippen LogP contribution in [0.25, 0.3) is 0 Å². The van der Waals surface area contributed by atoms with Crippen LogP contribution >= 0.6 is 23.4 Å². The van der Waals surface area contributed by atoms with Crippen LogP contribution in [0.2, 0.25) is 5.02 Å². The number of thioether (sulfide) groups is 1. The van der Waals surface area contributed by atoms with Crippen molar-refractivity contribution in [3.8, 4) is 0 Å². The summed E-state index contributed by atoms with van der Waals surface area (Å²) in [5.74, 6) is 0. The monoisotopic (exact) mass is 413 g/mol. The number of amidine groups is 1. The fourth-order valence-electron chi connectivity index (χ4n) is 2.47. The van der Waals surface area contributed by atoms with E-state index in [-0.39, 0.29) is 10.9 Å². The lowest BCUT2D eigenvalue weighted by Gasteiger charge is -2.23. The summed E-state index contributed by atoms with van der Waals surface area (Å²) in [7, 11) is 0. The normalized spacial score (nSPS) is 16.8. The number of carbonyl (C=O) groups is 1. The van der Waals surface area contributed by atoms with Crippen molar-refractivity contribution in [2.24, 2.45) is 4.99 Å². The highest BCUT2D eigenvalue weighted by atomic mass is 35.5. The molecule has 0 radical (unpaired) electrons. The van der Waals surface area contributed by atoms with E-state index in [0.717, 1.165) is 12.1 Å². The zero-order chi connectivity index (χ0) is 19.6. The number of rotatable bonds is 2. The third-order valence-corrected chi connectivity index (χ3v) is 5.00. The smallest absolute Gasteiger partial charge is 0.307 e. The third-order valence-electron chi connectivity index (χ3n) is 3.69. The molecule has 4 nitrogen and oxygen atoms in total. The number of nitrogens with zero attached hydrogens (tertiary/aromatic N) is 2. The van der Waals surface area contributed by atoms with Crippen molar-refractivity contribution in [3.05, 3.63) is 59.1 Å². The number of amides is 2. The van der Waals surface area contributed by atoms with E-state index in [1.165, 1.54) is 28.8 Å². The highest BCUT2D eigenvalue weighted by molar-refractivity contribution is 8.15. The van der Waals surface area contributed by atoms with Crippen molar-refractivity contribution in [1.29, 1.82) is 0 Å². The van der Waals surface area contributed by atoms with Crippen LogP contribution in [-0.2, 0) is 6.18 Å². The van der Waals surface area contributed by atoms with Crippen LogP contribution in [0.15, 0.2) is 53.5 Å². The molecule has 0 saturated carbocycles. The van der Waals surface area contributed by atoms with Crippen molar-refractivity contribution >= 4 is 45.9 Å². The number of nitrogens with one attached hydrogen (secondary N) is 1. The van der Waals surface area contributed by atoms with Crippen molar-refractivity contribution in [3.63, 3.8) is 0 Å². The van der Waals surface area contributed by atoms with E-state index in [2.05, 4.69) is 10.3 Å². The van der Waals surface area contributed by atoms with Crippen LogP contribution in [0.4, 0.5) is 29.3 Å². The van der Waals surface area contributed by atoms with E-state index in [1.807, 2.05) is 6.92 Å². The first-order chi connectivity index (χ1) is 12.7. The Morgan fingerprint density at radius 2 is 2.00 bits per heavy atom. The predicted molar refractivity (Wildman–Crippen MR) is 104 cm³/mol. The quantitative estimate of drug-likeness (QED) is 0.667. The third kappa shape index (κ3) is 4.75. The Labute approximate surface area is 163 Å². The van der Waals surface area contributed by atoms with Gasteiger partial charge in [0, 0.05) is 16.0 Å². The second-order valence-electron chi connectivity index (χ2n) is 5.88. The number of alkyl halides is 3. The summed E-state index contributed by atoms with van der Waals surface area (Å²) in [5.41, 5.74) is -0.318. The van der Waals surface area contributed by atoms with E-state index >= 15 is 0 Å². The molecule has 9 heteroatoms. The summed E-state index contributed by atoms with van der Waals surface area (Å²) < 4.78 is 38.7. The van der Waals surface area contributed by atoms with Gasteiger partial charge in [0.2, 0.25) is 0 Å². The van der Waals surface area contributed by atoms with Gasteiger partial charge < -0.3 is 5.32 Å². The molecule has 0 spiro atoms. The number of urea groups is 1. The largest absolute Gasteiger partial charge is 0.416 e. The van der Waals surface area contributed by atoms with Crippen molar-refractivity contribution in [2.45, 2.75) is 18.3 Å². The molecule has 0 saturated heterocycles. The minimum Gasteiger partial charge on any atom is -0.307 e. The lowest BCUT2D eigenvalue weighted by atomic mass is 10.2. The number of carbonyl (C=O) groups excluding carboxylic acids is 1. The average molecular weight is 414 g/mol. The van der Waals surface area contributed by atoms with Gasteiger partial charge in [0.1, 0.15) is 0 Å². The first kappa shape index (κ1) is 19.6. The molecule has 1 heterocycles. The Hall–Kier alpha value is -2.19. The van der Waals surface area contributed by atoms with E-state index < -0.39 is 17.8 Å². The molecule has 0 fully saturated rings. The van der Waals surface area contributed by atoms with Gasteiger partial charge in [-0.05, 0) is 36.4 Å². The van der Waals surface area contributed by atoms with E-state index in [9.17, 15) is 18.0 Å². The van der Waals surface area contributed by atoms with Gasteiger partial charge in [0.05, 0.1) is 17.8 Å². The minimum absolute atomic E-state index is 0.0403. The molecule has 0 bridgehead atoms. The summed E-state index contributed by atoms with van der Waals surface area (Å²) in [5, 5.41) is 3.61. The second kappa shape index (κ2) is 7.82. The average Bonchev–Trinajstić information content (AvgIpc) is 3.00. The van der Waals surface area contributed by atoms with Crippen LogP contribution in [0.1, 0.15) is 12.5 Å². The van der Waals surface area contributed by atoms with E-state index in [4.69, 9.17) is 11.6 Å². The van der Waals surface area contributed by atoms with Gasteiger partial charge in [0.15, 0.2) is 5.17 Å². The van der Waals surface area contributed by atoms with Crippen LogP contribution < -0.4 is 10.2 Å². The topological polar surface area (TPSA) is 44.7 Å². The maximum atomic E-state index is 12.9. The number of benzene rings is 2. The number of halogens is 4. The predicted octanol–water partition coefficient (Wildman–Crippen LogP) is 5.89. The van der Waals surface area contributed by atoms with Crippen molar-refractivity contribution in [2.75, 3.05) is 16.8 Å². The summed E-state index contributed by atoms with van der Waals surface area (Å²) in [6.45, 7) is 2.52. The van der Waals surface area contributed by atoms with Crippen molar-refractivity contribution in [1.82, 2.24) is 0 Å². The first-order valence-corrected chi connectivity index (χ1v) is 9.25. The highest BCUT2D eigenvalue weighted by Gasteiger charge is 2.31. The van der Waals surface area contributed by atoms with Crippen LogP contribution in [0, 0.1) is 0 Å². The molecule has 27 heavy (non-hydrogen) atoms. The van der Waals surface area contributed by atoms with Gasteiger partial charge in [0.25, 0.3) is 0 Å². The van der Waals surface area contributed by atoms with Crippen LogP contribution in [0.5, 0.6) is 0 Å². The van der Waals surface area contributed by atoms with Gasteiger partial charge in [-0.2, -0.15) is 13.2 Å². The van der Waals surface area contributed by atoms with Crippen molar-refractivity contribution < 1.29 is 18.0 Å². The molecule has 0 aliphatic carbocycles. The fraction of sp³-hybridized carbons (Fsp3) is 0.222. The molecule has 1 aliphatic heterocycles. The Balaban J connectivity index is 1.90. The molecular formula is C18H15ClF3N3OS. The van der Waals surface area contributed by atoms with E-state index in [0.29, 0.717) is 22.4 Å². The molecule has 0 aromatic heterocycles. The summed E-state index contributed by atoms with van der Waals surface area (Å²) in [4.78, 5) is 18.6. The molecule has 3 rings (SSSR count). The lowest BCUT2D eigenvalue weighted by Crippen LogP contribution is -2.38. The zero-order valence-corrected chi connectivity index (χ0v) is 15.7. The van der Waals surface area contributed by atoms with E-state index in [1.54, 1.807) is 24.3 Å². The molecule has 2 aromatic rings. The molecule has 142 valence electrons.